The highest BCUT2D eigenvalue weighted by Gasteiger charge is 2.27. The Hall–Kier alpha value is -3.86. The lowest BCUT2D eigenvalue weighted by molar-refractivity contribution is 0.409. The number of fused-ring (bicyclic) bond motifs is 6. The van der Waals surface area contributed by atoms with E-state index < -0.39 is 0 Å². The number of halogens is 1. The quantitative estimate of drug-likeness (QED) is 0.337. The van der Waals surface area contributed by atoms with Crippen molar-refractivity contribution in [3.63, 3.8) is 0 Å². The number of hydrogen-bond acceptors (Lipinski definition) is 3. The lowest BCUT2D eigenvalue weighted by atomic mass is 9.91. The number of methoxy groups -OCH3 is 2. The zero-order chi connectivity index (χ0) is 22.5. The molecule has 5 aromatic rings. The molecular weight excluding hydrogens is 415 g/mol. The Morgan fingerprint density at radius 1 is 0.879 bits per heavy atom. The van der Waals surface area contributed by atoms with Crippen LogP contribution in [0.2, 0.25) is 0 Å². The largest absolute Gasteiger partial charge is 0.496 e. The first-order valence-electron chi connectivity index (χ1n) is 11.1. The van der Waals surface area contributed by atoms with Gasteiger partial charge < -0.3 is 14.0 Å². The van der Waals surface area contributed by atoms with Crippen molar-refractivity contribution in [2.75, 3.05) is 14.2 Å². The Bertz CT molecular complexity index is 1540. The number of ether oxygens (including phenoxy) is 2. The molecule has 0 aliphatic heterocycles. The fourth-order valence-electron chi connectivity index (χ4n) is 5.11. The van der Waals surface area contributed by atoms with E-state index in [9.17, 15) is 4.39 Å². The van der Waals surface area contributed by atoms with Crippen LogP contribution in [0.4, 0.5) is 4.39 Å². The Labute approximate surface area is 191 Å². The lowest BCUT2D eigenvalue weighted by Crippen LogP contribution is -2.11. The van der Waals surface area contributed by atoms with E-state index in [1.165, 1.54) is 22.6 Å². The van der Waals surface area contributed by atoms with Gasteiger partial charge in [-0.2, -0.15) is 0 Å². The van der Waals surface area contributed by atoms with Gasteiger partial charge in [0.05, 0.1) is 32.2 Å². The van der Waals surface area contributed by atoms with Crippen molar-refractivity contribution in [3.8, 4) is 22.9 Å². The van der Waals surface area contributed by atoms with Crippen LogP contribution in [0.3, 0.4) is 0 Å². The van der Waals surface area contributed by atoms with Crippen molar-refractivity contribution in [1.29, 1.82) is 0 Å². The van der Waals surface area contributed by atoms with Crippen molar-refractivity contribution in [1.82, 2.24) is 9.55 Å². The van der Waals surface area contributed by atoms with Gasteiger partial charge in [0.1, 0.15) is 22.8 Å². The minimum absolute atomic E-state index is 0.196. The second-order valence-electron chi connectivity index (χ2n) is 8.38. The number of para-hydroxylation sites is 1. The summed E-state index contributed by atoms with van der Waals surface area (Å²) in [7, 11) is 3.33. The average Bonchev–Trinajstić information content (AvgIpc) is 3.17. The van der Waals surface area contributed by atoms with Gasteiger partial charge in [0.25, 0.3) is 0 Å². The van der Waals surface area contributed by atoms with E-state index in [2.05, 4.69) is 28.8 Å². The molecule has 0 bridgehead atoms. The predicted molar refractivity (Wildman–Crippen MR) is 129 cm³/mol. The summed E-state index contributed by atoms with van der Waals surface area (Å²) in [4.78, 5) is 5.14. The number of rotatable bonds is 4. The smallest absolute Gasteiger partial charge is 0.145 e. The molecule has 0 spiro atoms. The van der Waals surface area contributed by atoms with Gasteiger partial charge in [0.2, 0.25) is 0 Å². The van der Waals surface area contributed by atoms with E-state index in [1.807, 2.05) is 30.3 Å². The van der Waals surface area contributed by atoms with Crippen LogP contribution in [-0.2, 0) is 19.4 Å². The second-order valence-corrected chi connectivity index (χ2v) is 8.38. The van der Waals surface area contributed by atoms with Crippen LogP contribution < -0.4 is 9.47 Å². The molecule has 0 amide bonds. The van der Waals surface area contributed by atoms with Crippen molar-refractivity contribution in [2.24, 2.45) is 0 Å². The molecule has 5 heteroatoms. The molecular formula is C28H23FN2O2. The Balaban J connectivity index is 1.66. The monoisotopic (exact) mass is 438 g/mol. The minimum atomic E-state index is -0.196. The topological polar surface area (TPSA) is 36.3 Å². The van der Waals surface area contributed by atoms with E-state index in [0.717, 1.165) is 46.4 Å². The maximum absolute atomic E-state index is 14.6. The van der Waals surface area contributed by atoms with Gasteiger partial charge in [-0.25, -0.2) is 9.37 Å². The minimum Gasteiger partial charge on any atom is -0.496 e. The first-order chi connectivity index (χ1) is 16.2. The highest BCUT2D eigenvalue weighted by molar-refractivity contribution is 5.97. The van der Waals surface area contributed by atoms with E-state index in [0.29, 0.717) is 17.9 Å². The van der Waals surface area contributed by atoms with Gasteiger partial charge in [-0.05, 0) is 54.3 Å². The van der Waals surface area contributed by atoms with Crippen LogP contribution in [0, 0.1) is 5.82 Å². The van der Waals surface area contributed by atoms with Crippen LogP contribution in [0.15, 0.2) is 66.7 Å². The Morgan fingerprint density at radius 2 is 1.64 bits per heavy atom. The molecule has 164 valence electrons. The van der Waals surface area contributed by atoms with Crippen molar-refractivity contribution in [3.05, 3.63) is 89.2 Å². The zero-order valence-corrected chi connectivity index (χ0v) is 18.6. The molecule has 0 fully saturated rings. The maximum Gasteiger partial charge on any atom is 0.145 e. The molecule has 1 aliphatic carbocycles. The molecule has 4 nitrogen and oxygen atoms in total. The van der Waals surface area contributed by atoms with Crippen LogP contribution >= 0.6 is 0 Å². The third kappa shape index (κ3) is 2.99. The summed E-state index contributed by atoms with van der Waals surface area (Å²) >= 11 is 0. The molecule has 0 saturated heterocycles. The molecule has 3 aromatic carbocycles. The van der Waals surface area contributed by atoms with Gasteiger partial charge in [0.15, 0.2) is 0 Å². The molecule has 6 rings (SSSR count). The molecule has 2 heterocycles. The normalized spacial score (nSPS) is 12.6. The van der Waals surface area contributed by atoms with Crippen LogP contribution in [0.1, 0.15) is 16.7 Å². The highest BCUT2D eigenvalue weighted by Crippen LogP contribution is 2.43. The van der Waals surface area contributed by atoms with Crippen LogP contribution in [0.5, 0.6) is 11.5 Å². The van der Waals surface area contributed by atoms with Crippen molar-refractivity contribution >= 4 is 21.8 Å². The second kappa shape index (κ2) is 7.62. The maximum atomic E-state index is 14.6. The van der Waals surface area contributed by atoms with Gasteiger partial charge >= 0.3 is 0 Å². The SMILES string of the molecule is COc1ccc(OC)c2nc3c(cc12)CCc1c-3n(Cc2ccccc2F)c2ccccc12. The summed E-state index contributed by atoms with van der Waals surface area (Å²) in [5.74, 6) is 1.29. The number of pyridine rings is 1. The summed E-state index contributed by atoms with van der Waals surface area (Å²) in [6, 6.07) is 21.3. The van der Waals surface area contributed by atoms with Gasteiger partial charge in [0, 0.05) is 21.9 Å². The van der Waals surface area contributed by atoms with E-state index in [1.54, 1.807) is 20.3 Å². The van der Waals surface area contributed by atoms with Gasteiger partial charge in [-0.15, -0.1) is 0 Å². The molecule has 2 aromatic heterocycles. The Kier molecular flexibility index (Phi) is 4.57. The molecule has 0 radical (unpaired) electrons. The van der Waals surface area contributed by atoms with Gasteiger partial charge in [-0.3, -0.25) is 0 Å². The Morgan fingerprint density at radius 3 is 2.45 bits per heavy atom. The number of hydrogen-bond donors (Lipinski definition) is 0. The van der Waals surface area contributed by atoms with Gasteiger partial charge in [-0.1, -0.05) is 36.4 Å². The lowest BCUT2D eigenvalue weighted by Gasteiger charge is -2.21. The summed E-state index contributed by atoms with van der Waals surface area (Å²) in [6.45, 7) is 0.441. The number of benzene rings is 3. The number of aromatic nitrogens is 2. The zero-order valence-electron chi connectivity index (χ0n) is 18.6. The highest BCUT2D eigenvalue weighted by atomic mass is 19.1. The number of aryl methyl sites for hydroxylation is 2. The fourth-order valence-corrected chi connectivity index (χ4v) is 5.11. The molecule has 1 aliphatic rings. The predicted octanol–water partition coefficient (Wildman–Crippen LogP) is 6.16. The molecule has 0 atom stereocenters. The van der Waals surface area contributed by atoms with E-state index in [-0.39, 0.29) is 5.82 Å². The molecule has 0 N–H and O–H groups in total. The summed E-state index contributed by atoms with van der Waals surface area (Å²) in [5.41, 5.74) is 6.95. The first-order valence-corrected chi connectivity index (χ1v) is 11.1. The summed E-state index contributed by atoms with van der Waals surface area (Å²) < 4.78 is 28.1. The summed E-state index contributed by atoms with van der Waals surface area (Å²) in [5, 5.41) is 2.14. The van der Waals surface area contributed by atoms with Crippen molar-refractivity contribution < 1.29 is 13.9 Å². The third-order valence-corrected chi connectivity index (χ3v) is 6.66. The standard InChI is InChI=1S/C28H23FN2O2/c1-32-24-13-14-25(33-2)27-21(24)15-17-11-12-20-19-8-4-6-10-23(19)31(28(20)26(17)30-27)16-18-7-3-5-9-22(18)29/h3-10,13-15H,11-12,16H2,1-2H3. The molecule has 0 saturated carbocycles. The first kappa shape index (κ1) is 19.8. The van der Waals surface area contributed by atoms with Crippen LogP contribution in [0.25, 0.3) is 33.2 Å². The molecule has 33 heavy (non-hydrogen) atoms. The average molecular weight is 439 g/mol. The van der Waals surface area contributed by atoms with Crippen LogP contribution in [-0.4, -0.2) is 23.8 Å². The fraction of sp³-hybridized carbons (Fsp3) is 0.179. The summed E-state index contributed by atoms with van der Waals surface area (Å²) in [6.07, 6.45) is 1.80. The van der Waals surface area contributed by atoms with E-state index >= 15 is 0 Å². The molecule has 0 unspecified atom stereocenters. The van der Waals surface area contributed by atoms with Crippen molar-refractivity contribution in [2.45, 2.75) is 19.4 Å². The number of nitrogens with zero attached hydrogens (tertiary/aromatic N) is 2. The van der Waals surface area contributed by atoms with E-state index in [4.69, 9.17) is 14.5 Å². The third-order valence-electron chi connectivity index (χ3n) is 6.66.